The van der Waals surface area contributed by atoms with Gasteiger partial charge in [-0.2, -0.15) is 0 Å². The minimum atomic E-state index is 0.224. The minimum absolute atomic E-state index is 0.224. The van der Waals surface area contributed by atoms with Gasteiger partial charge in [0.25, 0.3) is 0 Å². The highest BCUT2D eigenvalue weighted by Gasteiger charge is 2.53. The summed E-state index contributed by atoms with van der Waals surface area (Å²) < 4.78 is 0. The molecule has 0 saturated carbocycles. The van der Waals surface area contributed by atoms with Crippen LogP contribution in [0.4, 0.5) is 0 Å². The number of hydrogen-bond donors (Lipinski definition) is 0. The fourth-order valence-electron chi connectivity index (χ4n) is 4.39. The lowest BCUT2D eigenvalue weighted by Gasteiger charge is -2.56. The number of nitrogens with zero attached hydrogens (tertiary/aromatic N) is 1. The van der Waals surface area contributed by atoms with Gasteiger partial charge in [0.05, 0.1) is 0 Å². The summed E-state index contributed by atoms with van der Waals surface area (Å²) in [4.78, 5) is 4.42. The summed E-state index contributed by atoms with van der Waals surface area (Å²) in [6.45, 7) is 14.3. The number of aryl methyl sites for hydroxylation is 1. The zero-order valence-electron chi connectivity index (χ0n) is 12.8. The first-order valence-corrected chi connectivity index (χ1v) is 7.13. The standard InChI is InChI=1S/C17H27N/c1-15(2,3)17(16(4,5)6)10-7-8-13-9-11-18-12-14(13)17/h9,11-12H,7-8,10H2,1-6H3. The van der Waals surface area contributed by atoms with Gasteiger partial charge < -0.3 is 0 Å². The molecule has 1 aromatic heterocycles. The van der Waals surface area contributed by atoms with E-state index in [1.165, 1.54) is 30.4 Å². The summed E-state index contributed by atoms with van der Waals surface area (Å²) in [6.07, 6.45) is 7.86. The fraction of sp³-hybridized carbons (Fsp3) is 0.706. The Kier molecular flexibility index (Phi) is 3.08. The third-order valence-corrected chi connectivity index (χ3v) is 4.93. The fourth-order valence-corrected chi connectivity index (χ4v) is 4.39. The van der Waals surface area contributed by atoms with Gasteiger partial charge in [0.2, 0.25) is 0 Å². The van der Waals surface area contributed by atoms with Crippen LogP contribution in [0.1, 0.15) is 65.5 Å². The van der Waals surface area contributed by atoms with Gasteiger partial charge in [0.15, 0.2) is 0 Å². The van der Waals surface area contributed by atoms with Crippen LogP contribution in [0, 0.1) is 10.8 Å². The molecule has 1 aliphatic rings. The van der Waals surface area contributed by atoms with Crippen molar-refractivity contribution in [3.63, 3.8) is 0 Å². The summed E-state index contributed by atoms with van der Waals surface area (Å²) >= 11 is 0. The van der Waals surface area contributed by atoms with E-state index in [2.05, 4.69) is 58.8 Å². The first-order chi connectivity index (χ1) is 8.20. The topological polar surface area (TPSA) is 12.9 Å². The van der Waals surface area contributed by atoms with Gasteiger partial charge >= 0.3 is 0 Å². The van der Waals surface area contributed by atoms with E-state index in [1.54, 1.807) is 0 Å². The quantitative estimate of drug-likeness (QED) is 0.643. The highest BCUT2D eigenvalue weighted by Crippen LogP contribution is 2.58. The van der Waals surface area contributed by atoms with Gasteiger partial charge in [0.1, 0.15) is 0 Å². The van der Waals surface area contributed by atoms with Gasteiger partial charge in [-0.1, -0.05) is 41.5 Å². The highest BCUT2D eigenvalue weighted by molar-refractivity contribution is 5.38. The Labute approximate surface area is 112 Å². The minimum Gasteiger partial charge on any atom is -0.264 e. The van der Waals surface area contributed by atoms with E-state index >= 15 is 0 Å². The Morgan fingerprint density at radius 3 is 2.22 bits per heavy atom. The van der Waals surface area contributed by atoms with E-state index in [0.29, 0.717) is 0 Å². The zero-order valence-corrected chi connectivity index (χ0v) is 12.8. The second-order valence-electron chi connectivity index (χ2n) is 7.79. The van der Waals surface area contributed by atoms with Crippen LogP contribution in [0.3, 0.4) is 0 Å². The normalized spacial score (nSPS) is 19.4. The third kappa shape index (κ3) is 1.79. The summed E-state index contributed by atoms with van der Waals surface area (Å²) in [5, 5.41) is 0. The van der Waals surface area contributed by atoms with Gasteiger partial charge in [-0.25, -0.2) is 0 Å². The lowest BCUT2D eigenvalue weighted by Crippen LogP contribution is -2.52. The van der Waals surface area contributed by atoms with Crippen molar-refractivity contribution < 1.29 is 0 Å². The Bertz CT molecular complexity index is 418. The van der Waals surface area contributed by atoms with Crippen LogP contribution >= 0.6 is 0 Å². The van der Waals surface area contributed by atoms with Crippen LogP contribution < -0.4 is 0 Å². The van der Waals surface area contributed by atoms with Crippen LogP contribution in [-0.4, -0.2) is 4.98 Å². The van der Waals surface area contributed by atoms with Gasteiger partial charge in [0, 0.05) is 17.8 Å². The van der Waals surface area contributed by atoms with Crippen molar-refractivity contribution in [1.82, 2.24) is 4.98 Å². The number of pyridine rings is 1. The van der Waals surface area contributed by atoms with Gasteiger partial charge in [-0.05, 0) is 47.3 Å². The van der Waals surface area contributed by atoms with Crippen molar-refractivity contribution in [3.05, 3.63) is 29.6 Å². The molecule has 0 atom stereocenters. The molecule has 0 bridgehead atoms. The maximum absolute atomic E-state index is 4.42. The Hall–Kier alpha value is -0.850. The smallest absolute Gasteiger partial charge is 0.0308 e. The van der Waals surface area contributed by atoms with Crippen molar-refractivity contribution in [2.45, 2.75) is 66.2 Å². The van der Waals surface area contributed by atoms with Crippen molar-refractivity contribution >= 4 is 0 Å². The molecule has 0 amide bonds. The van der Waals surface area contributed by atoms with Gasteiger partial charge in [-0.3, -0.25) is 4.98 Å². The molecule has 0 N–H and O–H groups in total. The third-order valence-electron chi connectivity index (χ3n) is 4.93. The molecule has 1 heterocycles. The first kappa shape index (κ1) is 13.6. The summed E-state index contributed by atoms with van der Waals surface area (Å²) in [7, 11) is 0. The lowest BCUT2D eigenvalue weighted by atomic mass is 9.47. The maximum atomic E-state index is 4.42. The molecule has 18 heavy (non-hydrogen) atoms. The van der Waals surface area contributed by atoms with E-state index in [1.807, 2.05) is 6.20 Å². The number of hydrogen-bond acceptors (Lipinski definition) is 1. The summed E-state index contributed by atoms with van der Waals surface area (Å²) in [5.41, 5.74) is 3.74. The summed E-state index contributed by atoms with van der Waals surface area (Å²) in [6, 6.07) is 2.22. The van der Waals surface area contributed by atoms with Crippen LogP contribution in [0.5, 0.6) is 0 Å². The average Bonchev–Trinajstić information content (AvgIpc) is 2.25. The lowest BCUT2D eigenvalue weighted by molar-refractivity contribution is 0.0335. The zero-order chi connectivity index (χ0) is 13.6. The molecular weight excluding hydrogens is 218 g/mol. The molecule has 100 valence electrons. The van der Waals surface area contributed by atoms with E-state index in [-0.39, 0.29) is 16.2 Å². The molecule has 1 aromatic rings. The van der Waals surface area contributed by atoms with Crippen molar-refractivity contribution in [3.8, 4) is 0 Å². The molecule has 0 fully saturated rings. The van der Waals surface area contributed by atoms with Crippen LogP contribution in [0.2, 0.25) is 0 Å². The first-order valence-electron chi connectivity index (χ1n) is 7.13. The number of aromatic nitrogens is 1. The average molecular weight is 245 g/mol. The largest absolute Gasteiger partial charge is 0.264 e. The molecule has 0 radical (unpaired) electrons. The van der Waals surface area contributed by atoms with E-state index in [0.717, 1.165) is 0 Å². The molecule has 1 nitrogen and oxygen atoms in total. The Morgan fingerprint density at radius 1 is 1.06 bits per heavy atom. The predicted octanol–water partition coefficient (Wildman–Crippen LogP) is 4.75. The predicted molar refractivity (Wildman–Crippen MR) is 77.8 cm³/mol. The SMILES string of the molecule is CC(C)(C)C1(C(C)(C)C)CCCc2ccncc21. The molecule has 2 rings (SSSR count). The van der Waals surface area contributed by atoms with Crippen molar-refractivity contribution in [2.75, 3.05) is 0 Å². The summed E-state index contributed by atoms with van der Waals surface area (Å²) in [5.74, 6) is 0. The second kappa shape index (κ2) is 4.08. The van der Waals surface area contributed by atoms with Crippen LogP contribution in [0.25, 0.3) is 0 Å². The van der Waals surface area contributed by atoms with E-state index < -0.39 is 0 Å². The van der Waals surface area contributed by atoms with Crippen molar-refractivity contribution in [1.29, 1.82) is 0 Å². The molecule has 0 saturated heterocycles. The molecule has 1 heteroatoms. The maximum Gasteiger partial charge on any atom is 0.0308 e. The highest BCUT2D eigenvalue weighted by atomic mass is 14.7. The monoisotopic (exact) mass is 245 g/mol. The van der Waals surface area contributed by atoms with Crippen molar-refractivity contribution in [2.24, 2.45) is 10.8 Å². The Morgan fingerprint density at radius 2 is 1.67 bits per heavy atom. The molecule has 0 aliphatic heterocycles. The molecule has 0 unspecified atom stereocenters. The number of fused-ring (bicyclic) bond motifs is 1. The van der Waals surface area contributed by atoms with Crippen LogP contribution in [-0.2, 0) is 11.8 Å². The number of rotatable bonds is 0. The van der Waals surface area contributed by atoms with Crippen LogP contribution in [0.15, 0.2) is 18.5 Å². The van der Waals surface area contributed by atoms with E-state index in [9.17, 15) is 0 Å². The molecule has 0 aromatic carbocycles. The van der Waals surface area contributed by atoms with E-state index in [4.69, 9.17) is 0 Å². The van der Waals surface area contributed by atoms with Gasteiger partial charge in [-0.15, -0.1) is 0 Å². The Balaban J connectivity index is 2.72. The molecule has 1 aliphatic carbocycles. The molecule has 0 spiro atoms. The molecular formula is C17H27N. The second-order valence-corrected chi connectivity index (χ2v) is 7.79.